The first kappa shape index (κ1) is 12.9. The second-order valence-electron chi connectivity index (χ2n) is 4.08. The third kappa shape index (κ3) is 3.48. The molecule has 0 bridgehead atoms. The molecule has 100 valence electrons. The van der Waals surface area contributed by atoms with Gasteiger partial charge in [-0.05, 0) is 25.3 Å². The van der Waals surface area contributed by atoms with Crippen molar-refractivity contribution in [3.8, 4) is 0 Å². The molecule has 0 fully saturated rings. The van der Waals surface area contributed by atoms with Crippen molar-refractivity contribution in [3.05, 3.63) is 47.8 Å². The Morgan fingerprint density at radius 2 is 2.32 bits per heavy atom. The Labute approximate surface area is 111 Å². The maximum Gasteiger partial charge on any atom is 0.206 e. The Morgan fingerprint density at radius 3 is 3.00 bits per heavy atom. The summed E-state index contributed by atoms with van der Waals surface area (Å²) in [6, 6.07) is 0. The maximum absolute atomic E-state index is 7.04. The van der Waals surface area contributed by atoms with E-state index in [4.69, 9.17) is 20.6 Å². The Morgan fingerprint density at radius 1 is 1.47 bits per heavy atom. The van der Waals surface area contributed by atoms with E-state index < -0.39 is 0 Å². The number of nitrogens with zero attached hydrogens (tertiary/aromatic N) is 1. The van der Waals surface area contributed by atoms with E-state index in [1.54, 1.807) is 13.2 Å². The Bertz CT molecular complexity index is 527. The van der Waals surface area contributed by atoms with Gasteiger partial charge in [0.25, 0.3) is 0 Å². The van der Waals surface area contributed by atoms with Gasteiger partial charge in [-0.1, -0.05) is 18.2 Å². The van der Waals surface area contributed by atoms with Crippen LogP contribution in [-0.4, -0.2) is 11.7 Å². The fourth-order valence-electron chi connectivity index (χ4n) is 1.63. The number of hydrogen-bond acceptors (Lipinski definition) is 4. The van der Waals surface area contributed by atoms with Crippen LogP contribution in [0.15, 0.2) is 52.9 Å². The van der Waals surface area contributed by atoms with Crippen LogP contribution in [-0.2, 0) is 9.47 Å². The van der Waals surface area contributed by atoms with Crippen LogP contribution < -0.4 is 11.2 Å². The fraction of sp³-hybridized carbons (Fsp3) is 0.231. The first-order valence-electron chi connectivity index (χ1n) is 5.91. The van der Waals surface area contributed by atoms with E-state index in [0.717, 1.165) is 18.4 Å². The molecule has 0 radical (unpaired) electrons. The Kier molecular flexibility index (Phi) is 4.02. The van der Waals surface area contributed by atoms with Crippen molar-refractivity contribution >= 4 is 11.7 Å². The van der Waals surface area contributed by atoms with Gasteiger partial charge < -0.3 is 15.2 Å². The number of hydrogen-bond donors (Lipinski definition) is 3. The van der Waals surface area contributed by atoms with Crippen LogP contribution in [0, 0.1) is 5.41 Å². The summed E-state index contributed by atoms with van der Waals surface area (Å²) >= 11 is 0. The second kappa shape index (κ2) is 5.90. The van der Waals surface area contributed by atoms with Crippen LogP contribution in [0.5, 0.6) is 0 Å². The van der Waals surface area contributed by atoms with Crippen LogP contribution in [0.2, 0.25) is 0 Å². The molecule has 2 rings (SSSR count). The van der Waals surface area contributed by atoms with E-state index in [1.807, 2.05) is 12.2 Å². The summed E-state index contributed by atoms with van der Waals surface area (Å²) in [5.41, 5.74) is 9.16. The average molecular weight is 260 g/mol. The number of hydrazone groups is 1. The van der Waals surface area contributed by atoms with Gasteiger partial charge in [0, 0.05) is 0 Å². The van der Waals surface area contributed by atoms with Crippen LogP contribution in [0.1, 0.15) is 19.8 Å². The number of guanidine groups is 1. The molecular formula is C13H16N4O2. The lowest BCUT2D eigenvalue weighted by atomic mass is 10.0. The van der Waals surface area contributed by atoms with Crippen LogP contribution in [0.4, 0.5) is 0 Å². The van der Waals surface area contributed by atoms with Gasteiger partial charge in [-0.25, -0.2) is 5.43 Å². The first-order valence-corrected chi connectivity index (χ1v) is 5.91. The van der Waals surface area contributed by atoms with Crippen molar-refractivity contribution in [2.24, 2.45) is 10.8 Å². The molecule has 0 aromatic rings. The lowest BCUT2D eigenvalue weighted by Gasteiger charge is -2.19. The van der Waals surface area contributed by atoms with Gasteiger partial charge in [0.1, 0.15) is 18.2 Å². The van der Waals surface area contributed by atoms with Gasteiger partial charge in [-0.2, -0.15) is 5.10 Å². The summed E-state index contributed by atoms with van der Waals surface area (Å²) < 4.78 is 11.0. The predicted molar refractivity (Wildman–Crippen MR) is 73.0 cm³/mol. The standard InChI is InChI=1S/C13H16N4O2/c1-9(16-17-13(14)15)11-7-18-8-12(19-11)10-5-3-2-4-6-10/h2-3,5,7-8H,4,6H2,1H3,(H4,14,15,17). The minimum atomic E-state index is -0.229. The van der Waals surface area contributed by atoms with Crippen molar-refractivity contribution in [2.45, 2.75) is 19.8 Å². The van der Waals surface area contributed by atoms with Crippen molar-refractivity contribution in [1.29, 1.82) is 5.41 Å². The topological polar surface area (TPSA) is 92.7 Å². The fourth-order valence-corrected chi connectivity index (χ4v) is 1.63. The van der Waals surface area contributed by atoms with Gasteiger partial charge in [0.05, 0.1) is 0 Å². The van der Waals surface area contributed by atoms with Gasteiger partial charge in [0.15, 0.2) is 11.5 Å². The zero-order valence-electron chi connectivity index (χ0n) is 10.6. The average Bonchev–Trinajstić information content (AvgIpc) is 2.46. The normalized spacial score (nSPS) is 18.6. The summed E-state index contributed by atoms with van der Waals surface area (Å²) in [6.45, 7) is 1.74. The number of allylic oxidation sites excluding steroid dienone is 5. The van der Waals surface area contributed by atoms with Crippen LogP contribution >= 0.6 is 0 Å². The largest absolute Gasteiger partial charge is 0.465 e. The molecule has 0 spiro atoms. The van der Waals surface area contributed by atoms with Gasteiger partial charge in [-0.3, -0.25) is 5.41 Å². The quantitative estimate of drug-likeness (QED) is 0.410. The van der Waals surface area contributed by atoms with Gasteiger partial charge in [-0.15, -0.1) is 0 Å². The third-order valence-electron chi connectivity index (χ3n) is 2.60. The highest BCUT2D eigenvalue weighted by Crippen LogP contribution is 2.26. The van der Waals surface area contributed by atoms with E-state index >= 15 is 0 Å². The van der Waals surface area contributed by atoms with E-state index in [2.05, 4.69) is 16.6 Å². The lowest BCUT2D eigenvalue weighted by Crippen LogP contribution is -2.27. The van der Waals surface area contributed by atoms with E-state index in [0.29, 0.717) is 17.2 Å². The van der Waals surface area contributed by atoms with Crippen molar-refractivity contribution in [2.75, 3.05) is 0 Å². The molecule has 0 amide bonds. The molecule has 0 aromatic carbocycles. The number of nitrogens with two attached hydrogens (primary N) is 1. The Balaban J connectivity index is 2.04. The molecule has 6 heteroatoms. The van der Waals surface area contributed by atoms with Crippen molar-refractivity contribution < 1.29 is 9.47 Å². The zero-order chi connectivity index (χ0) is 13.7. The first-order chi connectivity index (χ1) is 9.16. The molecule has 4 N–H and O–H groups in total. The van der Waals surface area contributed by atoms with Crippen molar-refractivity contribution in [1.82, 2.24) is 5.43 Å². The summed E-state index contributed by atoms with van der Waals surface area (Å²) in [7, 11) is 0. The monoisotopic (exact) mass is 260 g/mol. The molecule has 1 aliphatic heterocycles. The molecular weight excluding hydrogens is 244 g/mol. The SMILES string of the molecule is CC(=NNC(=N)N)C1=COC=C(C2=CC=CCC2)O1. The van der Waals surface area contributed by atoms with E-state index in [9.17, 15) is 0 Å². The third-order valence-corrected chi connectivity index (χ3v) is 2.60. The molecule has 19 heavy (non-hydrogen) atoms. The maximum atomic E-state index is 7.04. The summed E-state index contributed by atoms with van der Waals surface area (Å²) in [4.78, 5) is 0. The second-order valence-corrected chi connectivity index (χ2v) is 4.08. The highest BCUT2D eigenvalue weighted by Gasteiger charge is 2.16. The minimum absolute atomic E-state index is 0.229. The molecule has 0 atom stereocenters. The number of ether oxygens (including phenoxy) is 2. The molecule has 1 heterocycles. The summed E-state index contributed by atoms with van der Waals surface area (Å²) in [5, 5.41) is 11.0. The summed E-state index contributed by atoms with van der Waals surface area (Å²) in [5.74, 6) is 0.938. The molecule has 6 nitrogen and oxygen atoms in total. The van der Waals surface area contributed by atoms with Crippen LogP contribution in [0.25, 0.3) is 0 Å². The van der Waals surface area contributed by atoms with E-state index in [-0.39, 0.29) is 5.96 Å². The predicted octanol–water partition coefficient (Wildman–Crippen LogP) is 1.85. The summed E-state index contributed by atoms with van der Waals surface area (Å²) in [6.07, 6.45) is 11.0. The highest BCUT2D eigenvalue weighted by atomic mass is 16.5. The molecule has 2 aliphatic rings. The molecule has 0 aromatic heterocycles. The van der Waals surface area contributed by atoms with Gasteiger partial charge >= 0.3 is 0 Å². The number of nitrogens with one attached hydrogen (secondary N) is 2. The van der Waals surface area contributed by atoms with Gasteiger partial charge in [0.2, 0.25) is 5.96 Å². The number of rotatable bonds is 3. The van der Waals surface area contributed by atoms with E-state index in [1.165, 1.54) is 6.26 Å². The minimum Gasteiger partial charge on any atom is -0.465 e. The highest BCUT2D eigenvalue weighted by molar-refractivity contribution is 5.97. The Hall–Kier alpha value is -2.50. The van der Waals surface area contributed by atoms with Crippen LogP contribution in [0.3, 0.4) is 0 Å². The zero-order valence-corrected chi connectivity index (χ0v) is 10.6. The smallest absolute Gasteiger partial charge is 0.206 e. The molecule has 0 saturated heterocycles. The van der Waals surface area contributed by atoms with Crippen molar-refractivity contribution in [3.63, 3.8) is 0 Å². The molecule has 0 saturated carbocycles. The molecule has 1 aliphatic carbocycles. The lowest BCUT2D eigenvalue weighted by molar-refractivity contribution is 0.245. The molecule has 0 unspecified atom stereocenters.